The fourth-order valence-electron chi connectivity index (χ4n) is 1.91. The van der Waals surface area contributed by atoms with E-state index in [-0.39, 0.29) is 5.69 Å². The van der Waals surface area contributed by atoms with Crippen molar-refractivity contribution in [2.45, 2.75) is 5.75 Å². The lowest BCUT2D eigenvalue weighted by atomic mass is 10.2. The fourth-order valence-corrected chi connectivity index (χ4v) is 2.72. The highest BCUT2D eigenvalue weighted by Crippen LogP contribution is 2.27. The smallest absolute Gasteiger partial charge is 0.246 e. The van der Waals surface area contributed by atoms with Crippen LogP contribution in [0.4, 0.5) is 0 Å². The Labute approximate surface area is 103 Å². The van der Waals surface area contributed by atoms with E-state index in [9.17, 15) is 4.79 Å². The van der Waals surface area contributed by atoms with Crippen LogP contribution in [0.1, 0.15) is 11.4 Å². The Kier molecular flexibility index (Phi) is 2.40. The zero-order valence-corrected chi connectivity index (χ0v) is 10.1. The third kappa shape index (κ3) is 1.63. The van der Waals surface area contributed by atoms with Crippen molar-refractivity contribution in [1.82, 2.24) is 14.3 Å². The summed E-state index contributed by atoms with van der Waals surface area (Å²) < 4.78 is 3.07. The molecule has 0 radical (unpaired) electrons. The molecule has 2 aromatic rings. The Morgan fingerprint density at radius 2 is 2.06 bits per heavy atom. The lowest BCUT2D eigenvalue weighted by molar-refractivity contribution is 0.723. The van der Waals surface area contributed by atoms with E-state index in [2.05, 4.69) is 5.10 Å². The van der Waals surface area contributed by atoms with Crippen molar-refractivity contribution in [1.29, 1.82) is 0 Å². The van der Waals surface area contributed by atoms with Gasteiger partial charge >= 0.3 is 5.69 Å². The molecule has 3 rings (SSSR count). The molecule has 86 valence electrons. The summed E-state index contributed by atoms with van der Waals surface area (Å²) in [5, 5.41) is 6.25. The fraction of sp³-hybridized carbons (Fsp3) is 0.167. The zero-order chi connectivity index (χ0) is 11.8. The monoisotopic (exact) mass is 245 g/mol. The molecule has 1 aromatic carbocycles. The van der Waals surface area contributed by atoms with Gasteiger partial charge in [0, 0.05) is 7.05 Å². The van der Waals surface area contributed by atoms with Crippen molar-refractivity contribution < 1.29 is 0 Å². The van der Waals surface area contributed by atoms with Gasteiger partial charge in [-0.2, -0.15) is 5.10 Å². The van der Waals surface area contributed by atoms with Crippen LogP contribution < -0.4 is 5.69 Å². The third-order valence-electron chi connectivity index (χ3n) is 2.71. The van der Waals surface area contributed by atoms with Crippen LogP contribution in [-0.2, 0) is 12.8 Å². The van der Waals surface area contributed by atoms with Crippen LogP contribution in [0.15, 0.2) is 40.5 Å². The van der Waals surface area contributed by atoms with Crippen LogP contribution in [0.3, 0.4) is 0 Å². The zero-order valence-electron chi connectivity index (χ0n) is 9.33. The first-order valence-electron chi connectivity index (χ1n) is 5.30. The average molecular weight is 245 g/mol. The van der Waals surface area contributed by atoms with Crippen molar-refractivity contribution in [2.75, 3.05) is 0 Å². The molecule has 0 spiro atoms. The van der Waals surface area contributed by atoms with E-state index in [0.717, 1.165) is 22.8 Å². The molecular formula is C12H11N3OS. The maximum Gasteiger partial charge on any atom is 0.350 e. The number of nitrogens with zero attached hydrogens (tertiary/aromatic N) is 3. The Morgan fingerprint density at radius 3 is 2.82 bits per heavy atom. The Morgan fingerprint density at radius 1 is 1.29 bits per heavy atom. The van der Waals surface area contributed by atoms with Crippen molar-refractivity contribution in [3.63, 3.8) is 0 Å². The predicted molar refractivity (Wildman–Crippen MR) is 68.6 cm³/mol. The SMILES string of the molecule is Cn1nc2n(c1=O)C(c1ccccc1)=CSC2. The van der Waals surface area contributed by atoms with Gasteiger partial charge < -0.3 is 0 Å². The van der Waals surface area contributed by atoms with Crippen molar-refractivity contribution in [3.8, 4) is 0 Å². The van der Waals surface area contributed by atoms with Crippen LogP contribution in [0.5, 0.6) is 0 Å². The number of benzene rings is 1. The normalized spacial score (nSPS) is 14.3. The quantitative estimate of drug-likeness (QED) is 0.767. The minimum absolute atomic E-state index is 0.0876. The number of hydrogen-bond acceptors (Lipinski definition) is 3. The van der Waals surface area contributed by atoms with E-state index in [1.54, 1.807) is 23.4 Å². The van der Waals surface area contributed by atoms with E-state index in [0.29, 0.717) is 0 Å². The van der Waals surface area contributed by atoms with Crippen LogP contribution >= 0.6 is 11.8 Å². The van der Waals surface area contributed by atoms with Gasteiger partial charge in [-0.05, 0) is 11.0 Å². The maximum atomic E-state index is 12.0. The molecule has 4 nitrogen and oxygen atoms in total. The first kappa shape index (κ1) is 10.4. The second-order valence-electron chi connectivity index (χ2n) is 3.84. The van der Waals surface area contributed by atoms with E-state index in [1.165, 1.54) is 4.68 Å². The summed E-state index contributed by atoms with van der Waals surface area (Å²) in [7, 11) is 1.68. The largest absolute Gasteiger partial charge is 0.350 e. The van der Waals surface area contributed by atoms with Gasteiger partial charge in [0.25, 0.3) is 0 Å². The molecule has 0 atom stereocenters. The number of hydrogen-bond donors (Lipinski definition) is 0. The molecule has 5 heteroatoms. The van der Waals surface area contributed by atoms with Crippen LogP contribution in [-0.4, -0.2) is 14.3 Å². The molecule has 0 amide bonds. The van der Waals surface area contributed by atoms with Gasteiger partial charge in [0.2, 0.25) is 0 Å². The first-order chi connectivity index (χ1) is 8.27. The Hall–Kier alpha value is -1.75. The van der Waals surface area contributed by atoms with Gasteiger partial charge in [0.15, 0.2) is 0 Å². The topological polar surface area (TPSA) is 39.8 Å². The van der Waals surface area contributed by atoms with E-state index < -0.39 is 0 Å². The van der Waals surface area contributed by atoms with E-state index in [4.69, 9.17) is 0 Å². The minimum atomic E-state index is -0.0876. The van der Waals surface area contributed by atoms with Gasteiger partial charge in [-0.25, -0.2) is 14.0 Å². The van der Waals surface area contributed by atoms with E-state index >= 15 is 0 Å². The van der Waals surface area contributed by atoms with Crippen LogP contribution in [0, 0.1) is 0 Å². The highest BCUT2D eigenvalue weighted by molar-refractivity contribution is 8.01. The molecule has 1 aliphatic rings. The van der Waals surface area contributed by atoms with Gasteiger partial charge in [-0.1, -0.05) is 30.3 Å². The van der Waals surface area contributed by atoms with Gasteiger partial charge in [-0.3, -0.25) is 0 Å². The van der Waals surface area contributed by atoms with E-state index in [1.807, 2.05) is 35.7 Å². The number of thioether (sulfide) groups is 1. The van der Waals surface area contributed by atoms with Crippen molar-refractivity contribution in [3.05, 3.63) is 57.6 Å². The Bertz CT molecular complexity index is 640. The second-order valence-corrected chi connectivity index (χ2v) is 4.70. The molecule has 0 unspecified atom stereocenters. The molecule has 1 aromatic heterocycles. The molecule has 0 saturated carbocycles. The number of aromatic nitrogens is 3. The van der Waals surface area contributed by atoms with Crippen LogP contribution in [0.25, 0.3) is 5.70 Å². The van der Waals surface area contributed by atoms with Gasteiger partial charge in [-0.15, -0.1) is 11.8 Å². The molecular weight excluding hydrogens is 234 g/mol. The summed E-state index contributed by atoms with van der Waals surface area (Å²) in [6.07, 6.45) is 0. The molecule has 0 fully saturated rings. The number of fused-ring (bicyclic) bond motifs is 1. The standard InChI is InChI=1S/C12H11N3OS/c1-14-12(16)15-10(7-17-8-11(15)13-14)9-5-3-2-4-6-9/h2-7H,8H2,1H3. The average Bonchev–Trinajstić information content (AvgIpc) is 2.66. The highest BCUT2D eigenvalue weighted by atomic mass is 32.2. The maximum absolute atomic E-state index is 12.0. The van der Waals surface area contributed by atoms with Gasteiger partial charge in [0.05, 0.1) is 11.4 Å². The summed E-state index contributed by atoms with van der Waals surface area (Å²) in [5.41, 5.74) is 1.86. The summed E-state index contributed by atoms with van der Waals surface area (Å²) >= 11 is 1.66. The lowest BCUT2D eigenvalue weighted by Gasteiger charge is -2.14. The first-order valence-corrected chi connectivity index (χ1v) is 6.35. The summed E-state index contributed by atoms with van der Waals surface area (Å²) in [6.45, 7) is 0. The molecule has 17 heavy (non-hydrogen) atoms. The van der Waals surface area contributed by atoms with Gasteiger partial charge in [0.1, 0.15) is 5.82 Å². The molecule has 0 bridgehead atoms. The van der Waals surface area contributed by atoms with Crippen molar-refractivity contribution >= 4 is 17.5 Å². The minimum Gasteiger partial charge on any atom is -0.246 e. The second kappa shape index (κ2) is 3.92. The number of aryl methyl sites for hydroxylation is 1. The summed E-state index contributed by atoms with van der Waals surface area (Å²) in [6, 6.07) is 9.90. The summed E-state index contributed by atoms with van der Waals surface area (Å²) in [5.74, 6) is 1.55. The summed E-state index contributed by atoms with van der Waals surface area (Å²) in [4.78, 5) is 12.0. The molecule has 0 aliphatic carbocycles. The highest BCUT2D eigenvalue weighted by Gasteiger charge is 2.19. The number of rotatable bonds is 1. The Balaban J connectivity index is 2.22. The molecule has 1 aliphatic heterocycles. The third-order valence-corrected chi connectivity index (χ3v) is 3.52. The van der Waals surface area contributed by atoms with Crippen LogP contribution in [0.2, 0.25) is 0 Å². The lowest BCUT2D eigenvalue weighted by Crippen LogP contribution is -2.24. The van der Waals surface area contributed by atoms with Crippen molar-refractivity contribution in [2.24, 2.45) is 7.05 Å². The molecule has 0 N–H and O–H groups in total. The molecule has 2 heterocycles. The molecule has 0 saturated heterocycles. The predicted octanol–water partition coefficient (Wildman–Crippen LogP) is 1.68.